The largest absolute Gasteiger partial charge is 0.330 e. The van der Waals surface area contributed by atoms with Crippen LogP contribution in [-0.4, -0.2) is 12.3 Å². The van der Waals surface area contributed by atoms with Gasteiger partial charge in [0.15, 0.2) is 5.78 Å². The van der Waals surface area contributed by atoms with Gasteiger partial charge >= 0.3 is 0 Å². The highest BCUT2D eigenvalue weighted by Gasteiger charge is 2.27. The van der Waals surface area contributed by atoms with Crippen LogP contribution in [0.3, 0.4) is 0 Å². The molecule has 88 valence electrons. The maximum Gasteiger partial charge on any atom is 0.164 e. The van der Waals surface area contributed by atoms with E-state index in [4.69, 9.17) is 17.3 Å². The van der Waals surface area contributed by atoms with E-state index < -0.39 is 5.67 Å². The normalized spacial score (nSPS) is 11.6. The Labute approximate surface area is 99.6 Å². The van der Waals surface area contributed by atoms with Gasteiger partial charge in [0.1, 0.15) is 5.67 Å². The number of halogens is 2. The number of carbonyl (C=O) groups excluding carboxylic acids is 1. The minimum atomic E-state index is -1.64. The Morgan fingerprint density at radius 2 is 2.12 bits per heavy atom. The van der Waals surface area contributed by atoms with Crippen LogP contribution in [0.15, 0.2) is 18.2 Å². The molecule has 0 heterocycles. The fourth-order valence-corrected chi connectivity index (χ4v) is 2.03. The van der Waals surface area contributed by atoms with Gasteiger partial charge in [-0.2, -0.15) is 0 Å². The average Bonchev–Trinajstić information content (AvgIpc) is 2.15. The molecule has 2 N–H and O–H groups in total. The third-order valence-corrected chi connectivity index (χ3v) is 2.59. The molecule has 4 heteroatoms. The zero-order valence-corrected chi connectivity index (χ0v) is 10.1. The number of nitrogens with two attached hydrogens (primary N) is 1. The number of Topliss-reactive ketones (excluding diaryl/α,β-unsaturated/α-hetero) is 1. The molecule has 16 heavy (non-hydrogen) atoms. The smallest absolute Gasteiger partial charge is 0.164 e. The van der Waals surface area contributed by atoms with Crippen LogP contribution in [0.2, 0.25) is 5.02 Å². The molecule has 0 aliphatic rings. The summed E-state index contributed by atoms with van der Waals surface area (Å²) in [5.74, 6) is -0.175. The van der Waals surface area contributed by atoms with E-state index in [1.165, 1.54) is 13.8 Å². The second-order valence-corrected chi connectivity index (χ2v) is 4.50. The molecule has 0 saturated heterocycles. The van der Waals surface area contributed by atoms with Crippen molar-refractivity contribution in [2.75, 3.05) is 6.54 Å². The average molecular weight is 244 g/mol. The second-order valence-electron chi connectivity index (χ2n) is 4.10. The molecule has 0 fully saturated rings. The molecule has 0 aliphatic heterocycles. The van der Waals surface area contributed by atoms with Crippen molar-refractivity contribution in [1.29, 1.82) is 0 Å². The van der Waals surface area contributed by atoms with Crippen molar-refractivity contribution in [1.82, 2.24) is 0 Å². The molecule has 1 aromatic rings. The predicted octanol–water partition coefficient (Wildman–Crippen LogP) is 3.08. The summed E-state index contributed by atoms with van der Waals surface area (Å²) in [6.45, 7) is 3.01. The lowest BCUT2D eigenvalue weighted by Gasteiger charge is -2.20. The highest BCUT2D eigenvalue weighted by atomic mass is 35.5. The van der Waals surface area contributed by atoms with Gasteiger partial charge in [-0.25, -0.2) is 4.39 Å². The van der Waals surface area contributed by atoms with E-state index in [2.05, 4.69) is 0 Å². The minimum absolute atomic E-state index is 0.175. The summed E-state index contributed by atoms with van der Waals surface area (Å²) in [4.78, 5) is 11.8. The van der Waals surface area contributed by atoms with Crippen LogP contribution >= 0.6 is 11.6 Å². The van der Waals surface area contributed by atoms with Crippen molar-refractivity contribution >= 4 is 17.4 Å². The van der Waals surface area contributed by atoms with E-state index in [0.717, 1.165) is 0 Å². The Kier molecular flexibility index (Phi) is 4.05. The highest BCUT2D eigenvalue weighted by Crippen LogP contribution is 2.34. The Morgan fingerprint density at radius 3 is 2.62 bits per heavy atom. The van der Waals surface area contributed by atoms with E-state index in [9.17, 15) is 9.18 Å². The number of hydrogen-bond donors (Lipinski definition) is 1. The van der Waals surface area contributed by atoms with Crippen molar-refractivity contribution < 1.29 is 9.18 Å². The Bertz CT molecular complexity index is 398. The standard InChI is InChI=1S/C12H15ClFNO/c1-12(2,14)11-8(10(16)6-7-15)4-3-5-9(11)13/h3-5H,6-7,15H2,1-2H3. The van der Waals surface area contributed by atoms with Crippen LogP contribution < -0.4 is 5.73 Å². The van der Waals surface area contributed by atoms with Crippen LogP contribution in [0.4, 0.5) is 4.39 Å². The van der Waals surface area contributed by atoms with Crippen molar-refractivity contribution in [2.45, 2.75) is 25.9 Å². The monoisotopic (exact) mass is 243 g/mol. The van der Waals surface area contributed by atoms with E-state index in [1.54, 1.807) is 18.2 Å². The zero-order valence-electron chi connectivity index (χ0n) is 9.39. The number of carbonyl (C=O) groups is 1. The van der Waals surface area contributed by atoms with Crippen molar-refractivity contribution in [3.8, 4) is 0 Å². The summed E-state index contributed by atoms with van der Waals surface area (Å²) in [7, 11) is 0. The Balaban J connectivity index is 3.29. The molecule has 0 aliphatic carbocycles. The molecular weight excluding hydrogens is 229 g/mol. The third kappa shape index (κ3) is 2.80. The van der Waals surface area contributed by atoms with Gasteiger partial charge < -0.3 is 5.73 Å². The van der Waals surface area contributed by atoms with Gasteiger partial charge in [-0.05, 0) is 26.5 Å². The predicted molar refractivity (Wildman–Crippen MR) is 63.6 cm³/mol. The molecule has 0 radical (unpaired) electrons. The third-order valence-electron chi connectivity index (χ3n) is 2.28. The van der Waals surface area contributed by atoms with Gasteiger partial charge in [-0.3, -0.25) is 4.79 Å². The molecule has 0 spiro atoms. The van der Waals surface area contributed by atoms with Crippen LogP contribution in [0.5, 0.6) is 0 Å². The maximum atomic E-state index is 14.0. The van der Waals surface area contributed by atoms with E-state index >= 15 is 0 Å². The molecule has 0 saturated carbocycles. The first kappa shape index (κ1) is 13.1. The SMILES string of the molecule is CC(C)(F)c1c(Cl)cccc1C(=O)CCN. The number of benzene rings is 1. The lowest BCUT2D eigenvalue weighted by Crippen LogP contribution is -2.18. The van der Waals surface area contributed by atoms with Crippen LogP contribution in [0.25, 0.3) is 0 Å². The first-order valence-corrected chi connectivity index (χ1v) is 5.47. The van der Waals surface area contributed by atoms with Gasteiger partial charge in [-0.15, -0.1) is 0 Å². The topological polar surface area (TPSA) is 43.1 Å². The zero-order chi connectivity index (χ0) is 12.3. The van der Waals surface area contributed by atoms with Crippen molar-refractivity contribution in [2.24, 2.45) is 5.73 Å². The van der Waals surface area contributed by atoms with Gasteiger partial charge in [0, 0.05) is 22.6 Å². The van der Waals surface area contributed by atoms with Crippen molar-refractivity contribution in [3.05, 3.63) is 34.3 Å². The van der Waals surface area contributed by atoms with Gasteiger partial charge in [0.25, 0.3) is 0 Å². The fraction of sp³-hybridized carbons (Fsp3) is 0.417. The lowest BCUT2D eigenvalue weighted by atomic mass is 9.91. The van der Waals surface area contributed by atoms with E-state index in [1.807, 2.05) is 0 Å². The Morgan fingerprint density at radius 1 is 1.50 bits per heavy atom. The van der Waals surface area contributed by atoms with Gasteiger partial charge in [-0.1, -0.05) is 23.7 Å². The summed E-state index contributed by atoms with van der Waals surface area (Å²) in [6.07, 6.45) is 0.198. The van der Waals surface area contributed by atoms with Crippen LogP contribution in [0, 0.1) is 0 Å². The molecule has 0 amide bonds. The number of alkyl halides is 1. The summed E-state index contributed by atoms with van der Waals surface area (Å²) >= 11 is 5.93. The summed E-state index contributed by atoms with van der Waals surface area (Å²) in [5.41, 5.74) is 4.25. The van der Waals surface area contributed by atoms with Gasteiger partial charge in [0.2, 0.25) is 0 Å². The molecule has 0 bridgehead atoms. The molecule has 0 unspecified atom stereocenters. The molecule has 2 nitrogen and oxygen atoms in total. The second kappa shape index (κ2) is 4.93. The highest BCUT2D eigenvalue weighted by molar-refractivity contribution is 6.32. The van der Waals surface area contributed by atoms with E-state index in [0.29, 0.717) is 5.56 Å². The lowest BCUT2D eigenvalue weighted by molar-refractivity contribution is 0.0978. The summed E-state index contributed by atoms with van der Waals surface area (Å²) in [5, 5.41) is 0.273. The number of ketones is 1. The van der Waals surface area contributed by atoms with Crippen LogP contribution in [-0.2, 0) is 5.67 Å². The fourth-order valence-electron chi connectivity index (χ4n) is 1.63. The Hall–Kier alpha value is -0.930. The molecule has 0 aromatic heterocycles. The van der Waals surface area contributed by atoms with Crippen LogP contribution in [0.1, 0.15) is 36.2 Å². The minimum Gasteiger partial charge on any atom is -0.330 e. The quantitative estimate of drug-likeness (QED) is 0.826. The summed E-state index contributed by atoms with van der Waals surface area (Å²) in [6, 6.07) is 4.80. The van der Waals surface area contributed by atoms with E-state index in [-0.39, 0.29) is 29.3 Å². The summed E-state index contributed by atoms with van der Waals surface area (Å²) < 4.78 is 14.0. The molecular formula is C12H15ClFNO. The first-order chi connectivity index (χ1) is 7.38. The molecule has 1 aromatic carbocycles. The van der Waals surface area contributed by atoms with Gasteiger partial charge in [0.05, 0.1) is 0 Å². The molecule has 1 rings (SSSR count). The number of hydrogen-bond acceptors (Lipinski definition) is 2. The molecule has 0 atom stereocenters. The number of rotatable bonds is 4. The van der Waals surface area contributed by atoms with Crippen molar-refractivity contribution in [3.63, 3.8) is 0 Å². The maximum absolute atomic E-state index is 14.0. The first-order valence-electron chi connectivity index (χ1n) is 5.09.